The lowest BCUT2D eigenvalue weighted by molar-refractivity contribution is 0.416. The van der Waals surface area contributed by atoms with Gasteiger partial charge < -0.3 is 10.5 Å². The van der Waals surface area contributed by atoms with Crippen LogP contribution in [0.1, 0.15) is 37.8 Å². The molecule has 84 valence electrons. The molecule has 0 saturated carbocycles. The van der Waals surface area contributed by atoms with E-state index in [0.29, 0.717) is 0 Å². The van der Waals surface area contributed by atoms with Crippen molar-refractivity contribution in [2.75, 3.05) is 12.8 Å². The number of hydrogen-bond acceptors (Lipinski definition) is 2. The molecule has 0 amide bonds. The van der Waals surface area contributed by atoms with Crippen LogP contribution in [0.25, 0.3) is 0 Å². The first-order valence-corrected chi connectivity index (χ1v) is 5.68. The number of ether oxygens (including phenoxy) is 1. The van der Waals surface area contributed by atoms with Crippen molar-refractivity contribution in [2.24, 2.45) is 0 Å². The van der Waals surface area contributed by atoms with Gasteiger partial charge in [0, 0.05) is 0 Å². The Balaban J connectivity index is 3.07. The summed E-state index contributed by atoms with van der Waals surface area (Å²) in [5, 5.41) is 0. The molecule has 15 heavy (non-hydrogen) atoms. The van der Waals surface area contributed by atoms with E-state index in [0.717, 1.165) is 37.1 Å². The van der Waals surface area contributed by atoms with Gasteiger partial charge in [0.1, 0.15) is 5.75 Å². The molecule has 2 N–H and O–H groups in total. The summed E-state index contributed by atoms with van der Waals surface area (Å²) in [6.45, 7) is 4.38. The van der Waals surface area contributed by atoms with E-state index in [9.17, 15) is 0 Å². The fourth-order valence-electron chi connectivity index (χ4n) is 1.87. The summed E-state index contributed by atoms with van der Waals surface area (Å²) in [5.74, 6) is 0.804. The molecule has 0 aliphatic heterocycles. The van der Waals surface area contributed by atoms with Crippen LogP contribution >= 0.6 is 0 Å². The Kier molecular flexibility index (Phi) is 4.47. The molecular weight excluding hydrogens is 186 g/mol. The maximum absolute atomic E-state index is 5.90. The molecule has 2 heteroatoms. The highest BCUT2D eigenvalue weighted by atomic mass is 16.5. The van der Waals surface area contributed by atoms with Crippen LogP contribution in [0.3, 0.4) is 0 Å². The van der Waals surface area contributed by atoms with Crippen molar-refractivity contribution in [1.29, 1.82) is 0 Å². The molecule has 0 aliphatic rings. The van der Waals surface area contributed by atoms with Crippen molar-refractivity contribution in [3.8, 4) is 5.75 Å². The Morgan fingerprint density at radius 2 is 1.60 bits per heavy atom. The van der Waals surface area contributed by atoms with Crippen LogP contribution in [0.15, 0.2) is 12.1 Å². The van der Waals surface area contributed by atoms with E-state index < -0.39 is 0 Å². The molecule has 2 nitrogen and oxygen atoms in total. The molecule has 0 heterocycles. The van der Waals surface area contributed by atoms with Crippen molar-refractivity contribution >= 4 is 5.69 Å². The molecule has 0 fully saturated rings. The van der Waals surface area contributed by atoms with E-state index in [2.05, 4.69) is 26.0 Å². The summed E-state index contributed by atoms with van der Waals surface area (Å²) in [6, 6.07) is 4.15. The van der Waals surface area contributed by atoms with Gasteiger partial charge in [-0.15, -0.1) is 0 Å². The second-order valence-corrected chi connectivity index (χ2v) is 3.86. The van der Waals surface area contributed by atoms with Gasteiger partial charge in [0.05, 0.1) is 12.8 Å². The van der Waals surface area contributed by atoms with Crippen molar-refractivity contribution in [3.05, 3.63) is 23.3 Å². The predicted octanol–water partition coefficient (Wildman–Crippen LogP) is 3.18. The maximum atomic E-state index is 5.90. The predicted molar refractivity (Wildman–Crippen MR) is 65.4 cm³/mol. The molecule has 0 saturated heterocycles. The van der Waals surface area contributed by atoms with E-state index in [1.165, 1.54) is 11.1 Å². The smallest absolute Gasteiger partial charge is 0.142 e. The zero-order valence-electron chi connectivity index (χ0n) is 9.97. The fourth-order valence-corrected chi connectivity index (χ4v) is 1.87. The Morgan fingerprint density at radius 1 is 1.07 bits per heavy atom. The van der Waals surface area contributed by atoms with Gasteiger partial charge in [0.25, 0.3) is 0 Å². The second-order valence-electron chi connectivity index (χ2n) is 3.86. The molecule has 0 bridgehead atoms. The monoisotopic (exact) mass is 207 g/mol. The quantitative estimate of drug-likeness (QED) is 0.753. The third-order valence-corrected chi connectivity index (χ3v) is 2.59. The minimum absolute atomic E-state index is 0.751. The summed E-state index contributed by atoms with van der Waals surface area (Å²) < 4.78 is 5.24. The number of nitrogen functional groups attached to an aromatic ring is 1. The van der Waals surface area contributed by atoms with Gasteiger partial charge in [-0.05, 0) is 36.1 Å². The topological polar surface area (TPSA) is 35.2 Å². The van der Waals surface area contributed by atoms with Gasteiger partial charge in [-0.2, -0.15) is 0 Å². The molecule has 1 rings (SSSR count). The summed E-state index contributed by atoms with van der Waals surface area (Å²) in [4.78, 5) is 0. The van der Waals surface area contributed by atoms with Gasteiger partial charge >= 0.3 is 0 Å². The van der Waals surface area contributed by atoms with Crippen LogP contribution in [0.2, 0.25) is 0 Å². The zero-order chi connectivity index (χ0) is 11.3. The molecule has 0 aromatic heterocycles. The number of hydrogen-bond donors (Lipinski definition) is 1. The highest BCUT2D eigenvalue weighted by Gasteiger charge is 2.07. The van der Waals surface area contributed by atoms with Crippen LogP contribution < -0.4 is 10.5 Å². The summed E-state index contributed by atoms with van der Waals surface area (Å²) >= 11 is 0. The maximum Gasteiger partial charge on any atom is 0.142 e. The summed E-state index contributed by atoms with van der Waals surface area (Å²) in [5.41, 5.74) is 9.41. The average Bonchev–Trinajstić information content (AvgIpc) is 2.22. The first-order chi connectivity index (χ1) is 7.22. The van der Waals surface area contributed by atoms with E-state index in [4.69, 9.17) is 10.5 Å². The Hall–Kier alpha value is -1.18. The average molecular weight is 207 g/mol. The molecular formula is C13H21NO. The van der Waals surface area contributed by atoms with Crippen molar-refractivity contribution in [2.45, 2.75) is 39.5 Å². The zero-order valence-corrected chi connectivity index (χ0v) is 9.97. The molecule has 0 atom stereocenters. The fraction of sp³-hybridized carbons (Fsp3) is 0.538. The first kappa shape index (κ1) is 11.9. The Labute approximate surface area is 92.4 Å². The van der Waals surface area contributed by atoms with Crippen LogP contribution in [0, 0.1) is 0 Å². The van der Waals surface area contributed by atoms with Gasteiger partial charge in [0.15, 0.2) is 0 Å². The largest absolute Gasteiger partial charge is 0.495 e. The molecule has 0 radical (unpaired) electrons. The lowest BCUT2D eigenvalue weighted by Crippen LogP contribution is -1.99. The Bertz CT molecular complexity index is 321. The minimum Gasteiger partial charge on any atom is -0.495 e. The van der Waals surface area contributed by atoms with Crippen LogP contribution in [-0.2, 0) is 12.8 Å². The third kappa shape index (κ3) is 2.88. The number of methoxy groups -OCH3 is 1. The van der Waals surface area contributed by atoms with E-state index in [1.807, 2.05) is 0 Å². The van der Waals surface area contributed by atoms with Crippen molar-refractivity contribution < 1.29 is 4.74 Å². The van der Waals surface area contributed by atoms with E-state index in [-0.39, 0.29) is 0 Å². The van der Waals surface area contributed by atoms with E-state index >= 15 is 0 Å². The van der Waals surface area contributed by atoms with Gasteiger partial charge in [-0.25, -0.2) is 0 Å². The van der Waals surface area contributed by atoms with Crippen molar-refractivity contribution in [3.63, 3.8) is 0 Å². The second kappa shape index (κ2) is 5.64. The number of rotatable bonds is 5. The van der Waals surface area contributed by atoms with E-state index in [1.54, 1.807) is 7.11 Å². The van der Waals surface area contributed by atoms with Crippen LogP contribution in [-0.4, -0.2) is 7.11 Å². The highest BCUT2D eigenvalue weighted by molar-refractivity contribution is 5.57. The summed E-state index contributed by atoms with van der Waals surface area (Å²) in [6.07, 6.45) is 4.52. The SMILES string of the molecule is CCCc1cc(N)c(OC)cc1CCC. The van der Waals surface area contributed by atoms with Gasteiger partial charge in [-0.1, -0.05) is 26.7 Å². The van der Waals surface area contributed by atoms with Crippen molar-refractivity contribution in [1.82, 2.24) is 0 Å². The van der Waals surface area contributed by atoms with Gasteiger partial charge in [0.2, 0.25) is 0 Å². The number of nitrogens with two attached hydrogens (primary N) is 1. The number of benzene rings is 1. The standard InChI is InChI=1S/C13H21NO/c1-4-6-10-8-12(14)13(15-3)9-11(10)7-5-2/h8-9H,4-7,14H2,1-3H3. The van der Waals surface area contributed by atoms with Crippen LogP contribution in [0.5, 0.6) is 5.75 Å². The normalized spacial score (nSPS) is 10.3. The lowest BCUT2D eigenvalue weighted by Gasteiger charge is -2.12. The molecule has 0 aliphatic carbocycles. The molecule has 1 aromatic rings. The molecule has 1 aromatic carbocycles. The molecule has 0 spiro atoms. The highest BCUT2D eigenvalue weighted by Crippen LogP contribution is 2.27. The number of aryl methyl sites for hydroxylation is 2. The summed E-state index contributed by atoms with van der Waals surface area (Å²) in [7, 11) is 1.67. The van der Waals surface area contributed by atoms with Crippen LogP contribution in [0.4, 0.5) is 5.69 Å². The number of anilines is 1. The minimum atomic E-state index is 0.751. The van der Waals surface area contributed by atoms with Gasteiger partial charge in [-0.3, -0.25) is 0 Å². The Morgan fingerprint density at radius 3 is 2.07 bits per heavy atom. The lowest BCUT2D eigenvalue weighted by atomic mass is 9.98. The first-order valence-electron chi connectivity index (χ1n) is 5.68. The molecule has 0 unspecified atom stereocenters. The third-order valence-electron chi connectivity index (χ3n) is 2.59.